The summed E-state index contributed by atoms with van der Waals surface area (Å²) in [5, 5.41) is 3.30. The van der Waals surface area contributed by atoms with E-state index < -0.39 is 0 Å². The van der Waals surface area contributed by atoms with Crippen molar-refractivity contribution in [2.75, 3.05) is 19.6 Å². The first-order valence-corrected chi connectivity index (χ1v) is 7.08. The van der Waals surface area contributed by atoms with Crippen molar-refractivity contribution < 1.29 is 4.79 Å². The summed E-state index contributed by atoms with van der Waals surface area (Å²) < 4.78 is 3.15. The smallest absolute Gasteiger partial charge is 0.270 e. The molecule has 0 aliphatic carbocycles. The summed E-state index contributed by atoms with van der Waals surface area (Å²) in [5.74, 6) is 0.156. The fourth-order valence-corrected chi connectivity index (χ4v) is 2.84. The highest BCUT2D eigenvalue weighted by molar-refractivity contribution is 14.1. The maximum atomic E-state index is 12.5. The summed E-state index contributed by atoms with van der Waals surface area (Å²) in [6.45, 7) is 7.56. The Morgan fingerprint density at radius 2 is 2.41 bits per heavy atom. The number of hydrogen-bond donors (Lipinski definition) is 1. The Morgan fingerprint density at radius 3 is 3.06 bits per heavy atom. The van der Waals surface area contributed by atoms with Crippen LogP contribution in [0.1, 0.15) is 24.3 Å². The number of nitrogens with one attached hydrogen (secondary N) is 1. The summed E-state index contributed by atoms with van der Waals surface area (Å²) in [4.78, 5) is 14.4. The van der Waals surface area contributed by atoms with Crippen molar-refractivity contribution in [3.8, 4) is 0 Å². The lowest BCUT2D eigenvalue weighted by atomic mass is 10.2. The third kappa shape index (κ3) is 2.65. The SMILES string of the molecule is CCn1cc(I)cc1C(=O)N1CCNC[C@H]1C. The average Bonchev–Trinajstić information content (AvgIpc) is 2.70. The van der Waals surface area contributed by atoms with E-state index in [4.69, 9.17) is 0 Å². The van der Waals surface area contributed by atoms with E-state index in [9.17, 15) is 4.79 Å². The van der Waals surface area contributed by atoms with Crippen LogP contribution in [0.3, 0.4) is 0 Å². The first-order chi connectivity index (χ1) is 8.13. The van der Waals surface area contributed by atoms with Crippen LogP contribution in [0.15, 0.2) is 12.3 Å². The van der Waals surface area contributed by atoms with Crippen LogP contribution in [-0.4, -0.2) is 41.1 Å². The lowest BCUT2D eigenvalue weighted by Gasteiger charge is -2.34. The van der Waals surface area contributed by atoms with E-state index in [0.717, 1.165) is 35.4 Å². The van der Waals surface area contributed by atoms with Crippen LogP contribution in [0.2, 0.25) is 0 Å². The molecule has 1 N–H and O–H groups in total. The van der Waals surface area contributed by atoms with Gasteiger partial charge in [-0.1, -0.05) is 0 Å². The number of hydrogen-bond acceptors (Lipinski definition) is 2. The molecule has 0 unspecified atom stereocenters. The zero-order valence-corrected chi connectivity index (χ0v) is 12.4. The molecule has 1 fully saturated rings. The molecule has 4 nitrogen and oxygen atoms in total. The number of carbonyl (C=O) groups is 1. The number of piperazine rings is 1. The molecular weight excluding hydrogens is 329 g/mol. The van der Waals surface area contributed by atoms with Crippen molar-refractivity contribution in [1.29, 1.82) is 0 Å². The van der Waals surface area contributed by atoms with Crippen LogP contribution < -0.4 is 5.32 Å². The molecule has 1 aromatic rings. The standard InChI is InChI=1S/C12H18IN3O/c1-3-15-8-10(13)6-11(15)12(17)16-5-4-14-7-9(16)2/h6,8-9,14H,3-5,7H2,1-2H3/t9-/m1/s1. The van der Waals surface area contributed by atoms with E-state index in [-0.39, 0.29) is 11.9 Å². The van der Waals surface area contributed by atoms with Gasteiger partial charge in [-0.2, -0.15) is 0 Å². The molecule has 1 aliphatic rings. The molecule has 2 heterocycles. The van der Waals surface area contributed by atoms with E-state index >= 15 is 0 Å². The maximum Gasteiger partial charge on any atom is 0.270 e. The van der Waals surface area contributed by atoms with Crippen LogP contribution in [0.25, 0.3) is 0 Å². The van der Waals surface area contributed by atoms with Gasteiger partial charge in [-0.15, -0.1) is 0 Å². The minimum absolute atomic E-state index is 0.156. The van der Waals surface area contributed by atoms with Gasteiger partial charge < -0.3 is 14.8 Å². The largest absolute Gasteiger partial charge is 0.343 e. The highest BCUT2D eigenvalue weighted by Crippen LogP contribution is 2.15. The molecule has 1 aromatic heterocycles. The quantitative estimate of drug-likeness (QED) is 0.825. The lowest BCUT2D eigenvalue weighted by molar-refractivity contribution is 0.0645. The fraction of sp³-hybridized carbons (Fsp3) is 0.583. The third-order valence-corrected chi connectivity index (χ3v) is 3.78. The van der Waals surface area contributed by atoms with E-state index in [1.54, 1.807) is 0 Å². The minimum Gasteiger partial charge on any atom is -0.343 e. The second-order valence-electron chi connectivity index (χ2n) is 4.38. The van der Waals surface area contributed by atoms with E-state index in [1.165, 1.54) is 0 Å². The average molecular weight is 347 g/mol. The highest BCUT2D eigenvalue weighted by Gasteiger charge is 2.26. The number of amides is 1. The Labute approximate surface area is 115 Å². The Kier molecular flexibility index (Phi) is 4.09. The second-order valence-corrected chi connectivity index (χ2v) is 5.63. The molecule has 1 saturated heterocycles. The van der Waals surface area contributed by atoms with Crippen molar-refractivity contribution in [1.82, 2.24) is 14.8 Å². The van der Waals surface area contributed by atoms with Crippen molar-refractivity contribution in [2.24, 2.45) is 0 Å². The van der Waals surface area contributed by atoms with Gasteiger partial charge in [0, 0.05) is 42.0 Å². The number of rotatable bonds is 2. The van der Waals surface area contributed by atoms with Crippen LogP contribution in [0.4, 0.5) is 0 Å². The molecule has 17 heavy (non-hydrogen) atoms. The Bertz CT molecular complexity index is 416. The number of carbonyl (C=O) groups excluding carboxylic acids is 1. The molecule has 1 amide bonds. The topological polar surface area (TPSA) is 37.3 Å². The molecule has 0 spiro atoms. The van der Waals surface area contributed by atoms with Gasteiger partial charge in [-0.25, -0.2) is 0 Å². The normalized spacial score (nSPS) is 20.6. The predicted molar refractivity (Wildman–Crippen MR) is 76.2 cm³/mol. The Hall–Kier alpha value is -0.560. The molecule has 2 rings (SSSR count). The Morgan fingerprint density at radius 1 is 1.65 bits per heavy atom. The molecule has 1 aliphatic heterocycles. The summed E-state index contributed by atoms with van der Waals surface area (Å²) in [7, 11) is 0. The lowest BCUT2D eigenvalue weighted by Crippen LogP contribution is -2.52. The van der Waals surface area contributed by atoms with Gasteiger partial charge in [-0.05, 0) is 42.5 Å². The zero-order chi connectivity index (χ0) is 12.4. The van der Waals surface area contributed by atoms with E-state index in [0.29, 0.717) is 0 Å². The maximum absolute atomic E-state index is 12.5. The number of nitrogens with zero attached hydrogens (tertiary/aromatic N) is 2. The minimum atomic E-state index is 0.156. The van der Waals surface area contributed by atoms with Gasteiger partial charge in [0.25, 0.3) is 5.91 Å². The Balaban J connectivity index is 2.23. The first-order valence-electron chi connectivity index (χ1n) is 6.01. The van der Waals surface area contributed by atoms with Gasteiger partial charge in [0.15, 0.2) is 0 Å². The molecular formula is C12H18IN3O. The highest BCUT2D eigenvalue weighted by atomic mass is 127. The zero-order valence-electron chi connectivity index (χ0n) is 10.2. The first kappa shape index (κ1) is 12.9. The molecule has 0 aromatic carbocycles. The van der Waals surface area contributed by atoms with Gasteiger partial charge >= 0.3 is 0 Å². The number of aryl methyl sites for hydroxylation is 1. The second kappa shape index (κ2) is 5.39. The molecule has 0 radical (unpaired) electrons. The van der Waals surface area contributed by atoms with Crippen molar-refractivity contribution in [3.05, 3.63) is 21.5 Å². The van der Waals surface area contributed by atoms with Crippen LogP contribution >= 0.6 is 22.6 Å². The molecule has 5 heteroatoms. The van der Waals surface area contributed by atoms with Crippen LogP contribution in [-0.2, 0) is 6.54 Å². The summed E-state index contributed by atoms with van der Waals surface area (Å²) in [6.07, 6.45) is 2.03. The van der Waals surface area contributed by atoms with Gasteiger partial charge in [0.05, 0.1) is 0 Å². The fourth-order valence-electron chi connectivity index (χ4n) is 2.21. The van der Waals surface area contributed by atoms with Gasteiger partial charge in [0.1, 0.15) is 5.69 Å². The van der Waals surface area contributed by atoms with Gasteiger partial charge in [-0.3, -0.25) is 4.79 Å². The number of aromatic nitrogens is 1. The van der Waals surface area contributed by atoms with Crippen LogP contribution in [0.5, 0.6) is 0 Å². The van der Waals surface area contributed by atoms with Crippen molar-refractivity contribution in [3.63, 3.8) is 0 Å². The molecule has 0 saturated carbocycles. The monoisotopic (exact) mass is 347 g/mol. The number of halogens is 1. The summed E-state index contributed by atoms with van der Waals surface area (Å²) >= 11 is 2.26. The molecule has 0 bridgehead atoms. The van der Waals surface area contributed by atoms with Crippen LogP contribution in [0, 0.1) is 3.57 Å². The van der Waals surface area contributed by atoms with E-state index in [1.807, 2.05) is 21.7 Å². The third-order valence-electron chi connectivity index (χ3n) is 3.19. The van der Waals surface area contributed by atoms with Crippen molar-refractivity contribution in [2.45, 2.75) is 26.4 Å². The molecule has 94 valence electrons. The van der Waals surface area contributed by atoms with Gasteiger partial charge in [0.2, 0.25) is 0 Å². The molecule has 1 atom stereocenters. The predicted octanol–water partition coefficient (Wildman–Crippen LogP) is 1.55. The van der Waals surface area contributed by atoms with E-state index in [2.05, 4.69) is 41.8 Å². The summed E-state index contributed by atoms with van der Waals surface area (Å²) in [6, 6.07) is 2.25. The van der Waals surface area contributed by atoms with Crippen molar-refractivity contribution >= 4 is 28.5 Å². The summed E-state index contributed by atoms with van der Waals surface area (Å²) in [5.41, 5.74) is 0.811.